The first-order valence-corrected chi connectivity index (χ1v) is 8.46. The minimum absolute atomic E-state index is 0.468. The number of hydrogen-bond donors (Lipinski definition) is 1. The molecule has 1 aromatic rings. The van der Waals surface area contributed by atoms with Crippen molar-refractivity contribution in [2.45, 2.75) is 56.2 Å². The molecular formula is C17H27NOS. The number of nitrogens with one attached hydrogen (secondary N) is 1. The Labute approximate surface area is 127 Å². The van der Waals surface area contributed by atoms with Crippen LogP contribution in [0.3, 0.4) is 0 Å². The van der Waals surface area contributed by atoms with Crippen molar-refractivity contribution in [3.63, 3.8) is 0 Å². The Balaban J connectivity index is 2.05. The van der Waals surface area contributed by atoms with Crippen LogP contribution in [0.2, 0.25) is 0 Å². The first kappa shape index (κ1) is 15.7. The molecule has 2 unspecified atom stereocenters. The van der Waals surface area contributed by atoms with Gasteiger partial charge >= 0.3 is 0 Å². The van der Waals surface area contributed by atoms with Crippen molar-refractivity contribution in [2.24, 2.45) is 5.41 Å². The molecule has 2 rings (SSSR count). The predicted octanol–water partition coefficient (Wildman–Crippen LogP) is 4.34. The zero-order valence-electron chi connectivity index (χ0n) is 13.1. The van der Waals surface area contributed by atoms with Crippen LogP contribution in [0.5, 0.6) is 5.75 Å². The van der Waals surface area contributed by atoms with Crippen LogP contribution in [-0.4, -0.2) is 24.9 Å². The molecule has 1 aliphatic carbocycles. The molecule has 0 amide bonds. The lowest BCUT2D eigenvalue weighted by Crippen LogP contribution is -2.44. The molecule has 20 heavy (non-hydrogen) atoms. The molecular weight excluding hydrogens is 266 g/mol. The zero-order chi connectivity index (χ0) is 14.6. The molecule has 0 saturated heterocycles. The van der Waals surface area contributed by atoms with Gasteiger partial charge in [0.05, 0.1) is 7.11 Å². The van der Waals surface area contributed by atoms with Crippen molar-refractivity contribution in [3.8, 4) is 5.75 Å². The molecule has 0 aromatic heterocycles. The van der Waals surface area contributed by atoms with Gasteiger partial charge in [0.1, 0.15) is 5.75 Å². The van der Waals surface area contributed by atoms with Crippen LogP contribution < -0.4 is 10.1 Å². The number of thioether (sulfide) groups is 1. The van der Waals surface area contributed by atoms with Crippen LogP contribution in [-0.2, 0) is 0 Å². The second-order valence-corrected chi connectivity index (χ2v) is 7.72. The van der Waals surface area contributed by atoms with Gasteiger partial charge in [-0.05, 0) is 55.5 Å². The van der Waals surface area contributed by atoms with Gasteiger partial charge in [0.2, 0.25) is 0 Å². The maximum atomic E-state index is 5.23. The molecule has 1 saturated carbocycles. The number of methoxy groups -OCH3 is 1. The molecule has 2 atom stereocenters. The largest absolute Gasteiger partial charge is 0.497 e. The van der Waals surface area contributed by atoms with E-state index in [9.17, 15) is 0 Å². The normalized spacial score (nSPS) is 25.4. The van der Waals surface area contributed by atoms with E-state index in [1.807, 2.05) is 11.8 Å². The highest BCUT2D eigenvalue weighted by atomic mass is 32.2. The molecule has 0 spiro atoms. The summed E-state index contributed by atoms with van der Waals surface area (Å²) < 4.78 is 5.23. The van der Waals surface area contributed by atoms with Crippen molar-refractivity contribution in [2.75, 3.05) is 13.7 Å². The van der Waals surface area contributed by atoms with Crippen LogP contribution in [0.25, 0.3) is 0 Å². The Morgan fingerprint density at radius 2 is 2.00 bits per heavy atom. The Kier molecular flexibility index (Phi) is 5.39. The number of rotatable bonds is 5. The van der Waals surface area contributed by atoms with E-state index in [2.05, 4.69) is 50.4 Å². The molecule has 0 aliphatic heterocycles. The van der Waals surface area contributed by atoms with Crippen molar-refractivity contribution >= 4 is 11.8 Å². The fourth-order valence-electron chi connectivity index (χ4n) is 2.97. The summed E-state index contributed by atoms with van der Waals surface area (Å²) in [5, 5.41) is 4.33. The summed E-state index contributed by atoms with van der Waals surface area (Å²) in [5.74, 6) is 0.932. The zero-order valence-corrected chi connectivity index (χ0v) is 13.9. The standard InChI is InChI=1S/C17H27NOS/c1-5-18-15-10-11-17(2,3)12-16(15)20-14-8-6-13(19-4)7-9-14/h6-9,15-16,18H,5,10-12H2,1-4H3. The summed E-state index contributed by atoms with van der Waals surface area (Å²) in [6.45, 7) is 8.06. The molecule has 2 nitrogen and oxygen atoms in total. The summed E-state index contributed by atoms with van der Waals surface area (Å²) in [6, 6.07) is 9.10. The Morgan fingerprint density at radius 3 is 2.60 bits per heavy atom. The number of ether oxygens (including phenoxy) is 1. The van der Waals surface area contributed by atoms with Gasteiger partial charge in [0.15, 0.2) is 0 Å². The molecule has 1 fully saturated rings. The lowest BCUT2D eigenvalue weighted by Gasteiger charge is -2.40. The number of hydrogen-bond acceptors (Lipinski definition) is 3. The van der Waals surface area contributed by atoms with Crippen molar-refractivity contribution in [1.82, 2.24) is 5.32 Å². The topological polar surface area (TPSA) is 21.3 Å². The quantitative estimate of drug-likeness (QED) is 0.872. The SMILES string of the molecule is CCNC1CCC(C)(C)CC1Sc1ccc(OC)cc1. The van der Waals surface area contributed by atoms with Gasteiger partial charge in [-0.1, -0.05) is 20.8 Å². The van der Waals surface area contributed by atoms with Gasteiger partial charge in [0.25, 0.3) is 0 Å². The van der Waals surface area contributed by atoms with Crippen LogP contribution in [0.15, 0.2) is 29.2 Å². The van der Waals surface area contributed by atoms with E-state index in [0.29, 0.717) is 16.7 Å². The van der Waals surface area contributed by atoms with Gasteiger partial charge in [0, 0.05) is 16.2 Å². The first-order valence-electron chi connectivity index (χ1n) is 7.58. The maximum Gasteiger partial charge on any atom is 0.118 e. The van der Waals surface area contributed by atoms with E-state index in [4.69, 9.17) is 4.74 Å². The van der Waals surface area contributed by atoms with E-state index >= 15 is 0 Å². The van der Waals surface area contributed by atoms with Gasteiger partial charge < -0.3 is 10.1 Å². The second-order valence-electron chi connectivity index (χ2n) is 6.40. The highest BCUT2D eigenvalue weighted by Gasteiger charge is 2.34. The summed E-state index contributed by atoms with van der Waals surface area (Å²) in [5.41, 5.74) is 0.468. The van der Waals surface area contributed by atoms with Crippen LogP contribution >= 0.6 is 11.8 Å². The Morgan fingerprint density at radius 1 is 1.30 bits per heavy atom. The lowest BCUT2D eigenvalue weighted by atomic mass is 9.75. The molecule has 1 aromatic carbocycles. The monoisotopic (exact) mass is 293 g/mol. The van der Waals surface area contributed by atoms with Crippen LogP contribution in [0.4, 0.5) is 0 Å². The summed E-state index contributed by atoms with van der Waals surface area (Å²) in [4.78, 5) is 1.34. The van der Waals surface area contributed by atoms with Gasteiger partial charge in [-0.2, -0.15) is 0 Å². The van der Waals surface area contributed by atoms with Crippen LogP contribution in [0.1, 0.15) is 40.0 Å². The third kappa shape index (κ3) is 4.16. The third-order valence-electron chi connectivity index (χ3n) is 4.15. The molecule has 0 heterocycles. The highest BCUT2D eigenvalue weighted by Crippen LogP contribution is 2.42. The second kappa shape index (κ2) is 6.86. The minimum atomic E-state index is 0.468. The Bertz CT molecular complexity index is 416. The summed E-state index contributed by atoms with van der Waals surface area (Å²) >= 11 is 2.02. The van der Waals surface area contributed by atoms with Crippen molar-refractivity contribution in [1.29, 1.82) is 0 Å². The van der Waals surface area contributed by atoms with E-state index in [0.717, 1.165) is 12.3 Å². The molecule has 0 bridgehead atoms. The highest BCUT2D eigenvalue weighted by molar-refractivity contribution is 8.00. The molecule has 1 N–H and O–H groups in total. The Hall–Kier alpha value is -0.670. The lowest BCUT2D eigenvalue weighted by molar-refractivity contribution is 0.215. The average Bonchev–Trinajstić information content (AvgIpc) is 2.42. The number of benzene rings is 1. The summed E-state index contributed by atoms with van der Waals surface area (Å²) in [6.07, 6.45) is 3.89. The summed E-state index contributed by atoms with van der Waals surface area (Å²) in [7, 11) is 1.72. The fraction of sp³-hybridized carbons (Fsp3) is 0.647. The molecule has 0 radical (unpaired) electrons. The van der Waals surface area contributed by atoms with Crippen molar-refractivity contribution in [3.05, 3.63) is 24.3 Å². The molecule has 3 heteroatoms. The predicted molar refractivity (Wildman–Crippen MR) is 87.7 cm³/mol. The van der Waals surface area contributed by atoms with E-state index < -0.39 is 0 Å². The van der Waals surface area contributed by atoms with E-state index in [1.165, 1.54) is 24.2 Å². The molecule has 1 aliphatic rings. The van der Waals surface area contributed by atoms with Gasteiger partial charge in [-0.15, -0.1) is 11.8 Å². The fourth-order valence-corrected chi connectivity index (χ4v) is 4.54. The smallest absolute Gasteiger partial charge is 0.118 e. The minimum Gasteiger partial charge on any atom is -0.497 e. The van der Waals surface area contributed by atoms with Crippen molar-refractivity contribution < 1.29 is 4.74 Å². The van der Waals surface area contributed by atoms with Crippen LogP contribution in [0, 0.1) is 5.41 Å². The average molecular weight is 293 g/mol. The van der Waals surface area contributed by atoms with Gasteiger partial charge in [-0.3, -0.25) is 0 Å². The first-order chi connectivity index (χ1) is 9.54. The van der Waals surface area contributed by atoms with Gasteiger partial charge in [-0.25, -0.2) is 0 Å². The third-order valence-corrected chi connectivity index (χ3v) is 5.49. The van der Waals surface area contributed by atoms with E-state index in [1.54, 1.807) is 7.11 Å². The molecule has 112 valence electrons. The van der Waals surface area contributed by atoms with E-state index in [-0.39, 0.29) is 0 Å². The maximum absolute atomic E-state index is 5.23.